The topological polar surface area (TPSA) is 52.6 Å². The molecule has 2 heterocycles. The molecular weight excluding hydrogens is 453 g/mol. The zero-order valence-corrected chi connectivity index (χ0v) is 20.4. The lowest BCUT2D eigenvalue weighted by Crippen LogP contribution is -2.49. The second-order valence-corrected chi connectivity index (χ2v) is 9.16. The molecule has 1 aromatic heterocycles. The van der Waals surface area contributed by atoms with Crippen LogP contribution in [0.2, 0.25) is 10.2 Å². The highest BCUT2D eigenvalue weighted by molar-refractivity contribution is 7.99. The number of anilines is 2. The van der Waals surface area contributed by atoms with E-state index < -0.39 is 0 Å². The molecule has 0 atom stereocenters. The molecule has 31 heavy (non-hydrogen) atoms. The maximum Gasteiger partial charge on any atom is 0.233 e. The standard InChI is InChI=1S/C22H29Cl2N5OS/c1-3-9-28(10-4-2)20-15-19(24)25-22(26-20)31-16-21(30)29-13-11-27(12-14-29)18-8-6-5-7-17(18)23/h5-8,15H,3-4,9-14,16H2,1-2H3. The molecule has 1 fully saturated rings. The van der Waals surface area contributed by atoms with E-state index in [0.717, 1.165) is 55.5 Å². The number of amides is 1. The third kappa shape index (κ3) is 6.64. The lowest BCUT2D eigenvalue weighted by atomic mass is 10.2. The van der Waals surface area contributed by atoms with Gasteiger partial charge in [-0.15, -0.1) is 0 Å². The minimum atomic E-state index is 0.0907. The number of rotatable bonds is 9. The van der Waals surface area contributed by atoms with Crippen LogP contribution in [-0.4, -0.2) is 65.8 Å². The fraction of sp³-hybridized carbons (Fsp3) is 0.500. The highest BCUT2D eigenvalue weighted by Gasteiger charge is 2.23. The first-order chi connectivity index (χ1) is 15.0. The zero-order valence-electron chi connectivity index (χ0n) is 18.1. The Morgan fingerprint density at radius 1 is 1.06 bits per heavy atom. The first-order valence-electron chi connectivity index (χ1n) is 10.7. The van der Waals surface area contributed by atoms with Crippen LogP contribution in [0.4, 0.5) is 11.5 Å². The van der Waals surface area contributed by atoms with Crippen molar-refractivity contribution >= 4 is 52.4 Å². The van der Waals surface area contributed by atoms with Crippen molar-refractivity contribution in [1.82, 2.24) is 14.9 Å². The highest BCUT2D eigenvalue weighted by Crippen LogP contribution is 2.27. The molecule has 1 aromatic carbocycles. The van der Waals surface area contributed by atoms with E-state index in [4.69, 9.17) is 23.2 Å². The van der Waals surface area contributed by atoms with Gasteiger partial charge in [0, 0.05) is 45.3 Å². The Labute approximate surface area is 198 Å². The molecule has 1 aliphatic heterocycles. The van der Waals surface area contributed by atoms with E-state index in [0.29, 0.717) is 29.2 Å². The van der Waals surface area contributed by atoms with Gasteiger partial charge in [-0.2, -0.15) is 0 Å². The van der Waals surface area contributed by atoms with E-state index >= 15 is 0 Å². The maximum absolute atomic E-state index is 12.8. The van der Waals surface area contributed by atoms with Crippen LogP contribution in [0.25, 0.3) is 0 Å². The van der Waals surface area contributed by atoms with Gasteiger partial charge in [-0.05, 0) is 25.0 Å². The van der Waals surface area contributed by atoms with E-state index in [1.165, 1.54) is 11.8 Å². The van der Waals surface area contributed by atoms with Gasteiger partial charge in [0.25, 0.3) is 0 Å². The molecule has 3 rings (SSSR count). The van der Waals surface area contributed by atoms with Crippen LogP contribution in [0, 0.1) is 0 Å². The quantitative estimate of drug-likeness (QED) is 0.289. The van der Waals surface area contributed by atoms with Gasteiger partial charge in [0.1, 0.15) is 11.0 Å². The van der Waals surface area contributed by atoms with Crippen molar-refractivity contribution < 1.29 is 4.79 Å². The van der Waals surface area contributed by atoms with Crippen LogP contribution in [-0.2, 0) is 4.79 Å². The molecule has 1 saturated heterocycles. The summed E-state index contributed by atoms with van der Waals surface area (Å²) in [5.74, 6) is 1.22. The normalized spacial score (nSPS) is 14.1. The molecular formula is C22H29Cl2N5OS. The average Bonchev–Trinajstić information content (AvgIpc) is 2.77. The predicted octanol–water partition coefficient (Wildman–Crippen LogP) is 4.85. The Bertz CT molecular complexity index is 871. The zero-order chi connectivity index (χ0) is 22.2. The number of nitrogens with zero attached hydrogens (tertiary/aromatic N) is 5. The Balaban J connectivity index is 1.56. The van der Waals surface area contributed by atoms with E-state index in [1.54, 1.807) is 6.07 Å². The second-order valence-electron chi connectivity index (χ2n) is 7.43. The van der Waals surface area contributed by atoms with Crippen molar-refractivity contribution in [1.29, 1.82) is 0 Å². The Hall–Kier alpha value is -1.70. The van der Waals surface area contributed by atoms with Gasteiger partial charge >= 0.3 is 0 Å². The number of halogens is 2. The van der Waals surface area contributed by atoms with E-state index in [1.807, 2.05) is 29.2 Å². The Morgan fingerprint density at radius 2 is 1.74 bits per heavy atom. The number of aromatic nitrogens is 2. The molecule has 9 heteroatoms. The van der Waals surface area contributed by atoms with Crippen molar-refractivity contribution in [2.24, 2.45) is 0 Å². The first kappa shape index (κ1) is 24.0. The molecule has 0 N–H and O–H groups in total. The second kappa shape index (κ2) is 11.8. The lowest BCUT2D eigenvalue weighted by Gasteiger charge is -2.36. The van der Waals surface area contributed by atoms with Gasteiger partial charge in [0.05, 0.1) is 16.5 Å². The van der Waals surface area contributed by atoms with Crippen molar-refractivity contribution in [3.8, 4) is 0 Å². The molecule has 0 spiro atoms. The molecule has 2 aromatic rings. The van der Waals surface area contributed by atoms with Crippen LogP contribution in [0.15, 0.2) is 35.5 Å². The van der Waals surface area contributed by atoms with Gasteiger partial charge in [0.15, 0.2) is 5.16 Å². The Kier molecular flexibility index (Phi) is 9.11. The van der Waals surface area contributed by atoms with Crippen molar-refractivity contribution in [2.75, 3.05) is 54.8 Å². The van der Waals surface area contributed by atoms with Crippen LogP contribution in [0.1, 0.15) is 26.7 Å². The summed E-state index contributed by atoms with van der Waals surface area (Å²) in [7, 11) is 0. The van der Waals surface area contributed by atoms with E-state index in [-0.39, 0.29) is 5.91 Å². The largest absolute Gasteiger partial charge is 0.367 e. The third-order valence-corrected chi connectivity index (χ3v) is 6.47. The van der Waals surface area contributed by atoms with Crippen molar-refractivity contribution in [3.63, 3.8) is 0 Å². The summed E-state index contributed by atoms with van der Waals surface area (Å²) in [6, 6.07) is 9.62. The summed E-state index contributed by atoms with van der Waals surface area (Å²) in [4.78, 5) is 28.0. The van der Waals surface area contributed by atoms with E-state index in [9.17, 15) is 4.79 Å². The molecule has 1 aliphatic rings. The molecule has 168 valence electrons. The van der Waals surface area contributed by atoms with Gasteiger partial charge < -0.3 is 14.7 Å². The minimum absolute atomic E-state index is 0.0907. The highest BCUT2D eigenvalue weighted by atomic mass is 35.5. The molecule has 1 amide bonds. The third-order valence-electron chi connectivity index (χ3n) is 5.12. The minimum Gasteiger partial charge on any atom is -0.367 e. The van der Waals surface area contributed by atoms with Crippen LogP contribution in [0.3, 0.4) is 0 Å². The maximum atomic E-state index is 12.8. The van der Waals surface area contributed by atoms with Gasteiger partial charge in [0.2, 0.25) is 5.91 Å². The number of hydrogen-bond donors (Lipinski definition) is 0. The monoisotopic (exact) mass is 481 g/mol. The first-order valence-corrected chi connectivity index (χ1v) is 12.5. The Morgan fingerprint density at radius 3 is 2.39 bits per heavy atom. The summed E-state index contributed by atoms with van der Waals surface area (Å²) < 4.78 is 0. The summed E-state index contributed by atoms with van der Waals surface area (Å²) in [5.41, 5.74) is 1.02. The van der Waals surface area contributed by atoms with E-state index in [2.05, 4.69) is 33.6 Å². The van der Waals surface area contributed by atoms with Crippen molar-refractivity contribution in [3.05, 3.63) is 40.5 Å². The average molecular weight is 482 g/mol. The predicted molar refractivity (Wildman–Crippen MR) is 131 cm³/mol. The SMILES string of the molecule is CCCN(CCC)c1cc(Cl)nc(SCC(=O)N2CCN(c3ccccc3Cl)CC2)n1. The van der Waals surface area contributed by atoms with Gasteiger partial charge in [-0.25, -0.2) is 9.97 Å². The van der Waals surface area contributed by atoms with Gasteiger partial charge in [-0.3, -0.25) is 4.79 Å². The number of para-hydroxylation sites is 1. The number of thioether (sulfide) groups is 1. The van der Waals surface area contributed by atoms with Crippen molar-refractivity contribution in [2.45, 2.75) is 31.8 Å². The summed E-state index contributed by atoms with van der Waals surface area (Å²) in [6.07, 6.45) is 2.06. The molecule has 0 bridgehead atoms. The molecule has 0 saturated carbocycles. The molecule has 0 unspecified atom stereocenters. The van der Waals surface area contributed by atoms with Gasteiger partial charge in [-0.1, -0.05) is 60.9 Å². The number of carbonyl (C=O) groups is 1. The molecule has 0 radical (unpaired) electrons. The summed E-state index contributed by atoms with van der Waals surface area (Å²) in [6.45, 7) is 9.00. The lowest BCUT2D eigenvalue weighted by molar-refractivity contribution is -0.128. The van der Waals surface area contributed by atoms with Crippen LogP contribution in [0.5, 0.6) is 0 Å². The number of carbonyl (C=O) groups excluding carboxylic acids is 1. The summed E-state index contributed by atoms with van der Waals surface area (Å²) in [5, 5.41) is 1.69. The summed E-state index contributed by atoms with van der Waals surface area (Å²) >= 11 is 13.9. The number of piperazine rings is 1. The molecule has 0 aliphatic carbocycles. The smallest absolute Gasteiger partial charge is 0.233 e. The molecule has 6 nitrogen and oxygen atoms in total. The van der Waals surface area contributed by atoms with Crippen LogP contribution >= 0.6 is 35.0 Å². The fourth-order valence-corrected chi connectivity index (χ4v) is 4.85. The number of benzene rings is 1. The van der Waals surface area contributed by atoms with Crippen LogP contribution < -0.4 is 9.80 Å². The number of hydrogen-bond acceptors (Lipinski definition) is 6. The fourth-order valence-electron chi connectivity index (χ4n) is 3.62.